The van der Waals surface area contributed by atoms with Gasteiger partial charge < -0.3 is 10.1 Å². The Kier molecular flexibility index (Phi) is 3.49. The van der Waals surface area contributed by atoms with E-state index >= 15 is 0 Å². The van der Waals surface area contributed by atoms with E-state index in [0.29, 0.717) is 17.9 Å². The molecule has 1 aromatic carbocycles. The van der Waals surface area contributed by atoms with Crippen molar-refractivity contribution in [2.45, 2.75) is 13.5 Å². The third-order valence-electron chi connectivity index (χ3n) is 2.73. The lowest BCUT2D eigenvalue weighted by molar-refractivity contribution is 0.416. The minimum Gasteiger partial charge on any atom is -0.495 e. The maximum absolute atomic E-state index is 8.83. The van der Waals surface area contributed by atoms with Crippen LogP contribution in [0.4, 0.5) is 5.69 Å². The predicted molar refractivity (Wildman–Crippen MR) is 68.4 cm³/mol. The summed E-state index contributed by atoms with van der Waals surface area (Å²) in [5.74, 6) is 0.662. The van der Waals surface area contributed by atoms with Crippen LogP contribution in [0, 0.1) is 18.3 Å². The second-order valence-corrected chi connectivity index (χ2v) is 3.90. The maximum Gasteiger partial charge on any atom is 0.143 e. The average Bonchev–Trinajstić information content (AvgIpc) is 2.81. The first-order chi connectivity index (χ1) is 8.74. The van der Waals surface area contributed by atoms with Crippen LogP contribution in [0.1, 0.15) is 16.8 Å². The molecule has 0 saturated heterocycles. The van der Waals surface area contributed by atoms with Gasteiger partial charge in [0.25, 0.3) is 0 Å². The first kappa shape index (κ1) is 12.0. The Hall–Kier alpha value is -2.48. The van der Waals surface area contributed by atoms with E-state index in [1.165, 1.54) is 0 Å². The van der Waals surface area contributed by atoms with E-state index in [9.17, 15) is 0 Å². The number of benzene rings is 1. The fourth-order valence-electron chi connectivity index (χ4n) is 1.65. The Bertz CT molecular complexity index is 583. The van der Waals surface area contributed by atoms with Crippen LogP contribution in [-0.2, 0) is 6.54 Å². The highest BCUT2D eigenvalue weighted by Gasteiger charge is 2.05. The molecule has 0 aliphatic carbocycles. The first-order valence-electron chi connectivity index (χ1n) is 5.55. The van der Waals surface area contributed by atoms with Crippen molar-refractivity contribution < 1.29 is 4.74 Å². The van der Waals surface area contributed by atoms with Crippen LogP contribution in [0.15, 0.2) is 24.4 Å². The van der Waals surface area contributed by atoms with Gasteiger partial charge in [-0.05, 0) is 19.1 Å². The fourth-order valence-corrected chi connectivity index (χ4v) is 1.65. The summed E-state index contributed by atoms with van der Waals surface area (Å²) in [7, 11) is 1.59. The number of nitriles is 1. The number of aromatic nitrogens is 2. The first-order valence-corrected chi connectivity index (χ1v) is 5.55. The zero-order chi connectivity index (χ0) is 13.0. The Balaban J connectivity index is 2.15. The SMILES string of the molecule is COc1cc(C#N)ccc1NCc1cn[nH]c1C. The molecule has 92 valence electrons. The van der Waals surface area contributed by atoms with Gasteiger partial charge in [0.1, 0.15) is 5.75 Å². The molecule has 0 unspecified atom stereocenters. The van der Waals surface area contributed by atoms with Crippen molar-refractivity contribution in [3.05, 3.63) is 41.2 Å². The van der Waals surface area contributed by atoms with E-state index < -0.39 is 0 Å². The van der Waals surface area contributed by atoms with Crippen molar-refractivity contribution in [1.29, 1.82) is 5.26 Å². The van der Waals surface area contributed by atoms with Crippen LogP contribution in [0.5, 0.6) is 5.75 Å². The van der Waals surface area contributed by atoms with Gasteiger partial charge in [-0.1, -0.05) is 0 Å². The largest absolute Gasteiger partial charge is 0.495 e. The molecular formula is C13H14N4O. The molecule has 0 saturated carbocycles. The standard InChI is InChI=1S/C13H14N4O/c1-9-11(8-16-17-9)7-15-12-4-3-10(6-14)5-13(12)18-2/h3-5,8,15H,7H2,1-2H3,(H,16,17). The highest BCUT2D eigenvalue weighted by Crippen LogP contribution is 2.25. The topological polar surface area (TPSA) is 73.7 Å². The number of nitrogens with zero attached hydrogens (tertiary/aromatic N) is 2. The third kappa shape index (κ3) is 2.43. The number of anilines is 1. The Labute approximate surface area is 105 Å². The van der Waals surface area contributed by atoms with Crippen LogP contribution in [-0.4, -0.2) is 17.3 Å². The minimum absolute atomic E-state index is 0.580. The van der Waals surface area contributed by atoms with Crippen LogP contribution in [0.3, 0.4) is 0 Å². The van der Waals surface area contributed by atoms with Gasteiger partial charge in [-0.25, -0.2) is 0 Å². The van der Waals surface area contributed by atoms with E-state index in [4.69, 9.17) is 10.00 Å². The molecule has 0 amide bonds. The number of H-pyrrole nitrogens is 1. The van der Waals surface area contributed by atoms with E-state index in [-0.39, 0.29) is 0 Å². The number of hydrogen-bond donors (Lipinski definition) is 2. The number of ether oxygens (including phenoxy) is 1. The summed E-state index contributed by atoms with van der Waals surface area (Å²) in [6.07, 6.45) is 1.79. The van der Waals surface area contributed by atoms with Crippen molar-refractivity contribution in [3.8, 4) is 11.8 Å². The Morgan fingerprint density at radius 1 is 1.50 bits per heavy atom. The Morgan fingerprint density at radius 2 is 2.33 bits per heavy atom. The second-order valence-electron chi connectivity index (χ2n) is 3.90. The minimum atomic E-state index is 0.580. The predicted octanol–water partition coefficient (Wildman–Crippen LogP) is 2.21. The Morgan fingerprint density at radius 3 is 2.94 bits per heavy atom. The highest BCUT2D eigenvalue weighted by molar-refractivity contribution is 5.59. The molecule has 1 aromatic heterocycles. The van der Waals surface area contributed by atoms with Crippen molar-refractivity contribution in [1.82, 2.24) is 10.2 Å². The van der Waals surface area contributed by atoms with Crippen LogP contribution in [0.25, 0.3) is 0 Å². The van der Waals surface area contributed by atoms with Gasteiger partial charge in [0.15, 0.2) is 0 Å². The molecule has 5 nitrogen and oxygen atoms in total. The molecule has 5 heteroatoms. The zero-order valence-corrected chi connectivity index (χ0v) is 10.3. The van der Waals surface area contributed by atoms with Crippen molar-refractivity contribution >= 4 is 5.69 Å². The third-order valence-corrected chi connectivity index (χ3v) is 2.73. The van der Waals surface area contributed by atoms with Gasteiger partial charge in [0, 0.05) is 23.9 Å². The van der Waals surface area contributed by atoms with E-state index in [2.05, 4.69) is 21.6 Å². The molecule has 2 aromatic rings. The van der Waals surface area contributed by atoms with Gasteiger partial charge in [-0.2, -0.15) is 10.4 Å². The summed E-state index contributed by atoms with van der Waals surface area (Å²) < 4.78 is 5.25. The molecule has 0 radical (unpaired) electrons. The van der Waals surface area contributed by atoms with Gasteiger partial charge in [-0.3, -0.25) is 5.10 Å². The van der Waals surface area contributed by atoms with Crippen molar-refractivity contribution in [2.24, 2.45) is 0 Å². The van der Waals surface area contributed by atoms with E-state index in [0.717, 1.165) is 16.9 Å². The molecule has 2 N–H and O–H groups in total. The molecule has 0 atom stereocenters. The number of methoxy groups -OCH3 is 1. The van der Waals surface area contributed by atoms with Gasteiger partial charge in [0.2, 0.25) is 0 Å². The highest BCUT2D eigenvalue weighted by atomic mass is 16.5. The normalized spacial score (nSPS) is 9.83. The second kappa shape index (κ2) is 5.23. The van der Waals surface area contributed by atoms with Crippen LogP contribution in [0.2, 0.25) is 0 Å². The van der Waals surface area contributed by atoms with Gasteiger partial charge in [0.05, 0.1) is 30.6 Å². The molecular weight excluding hydrogens is 228 g/mol. The van der Waals surface area contributed by atoms with Crippen LogP contribution < -0.4 is 10.1 Å². The van der Waals surface area contributed by atoms with Crippen LogP contribution >= 0.6 is 0 Å². The fraction of sp³-hybridized carbons (Fsp3) is 0.231. The number of aryl methyl sites for hydroxylation is 1. The number of aromatic amines is 1. The van der Waals surface area contributed by atoms with Gasteiger partial charge >= 0.3 is 0 Å². The molecule has 1 heterocycles. The number of rotatable bonds is 4. The summed E-state index contributed by atoms with van der Waals surface area (Å²) in [6.45, 7) is 2.63. The molecule has 0 fully saturated rings. The summed E-state index contributed by atoms with van der Waals surface area (Å²) in [5, 5.41) is 18.9. The summed E-state index contributed by atoms with van der Waals surface area (Å²) >= 11 is 0. The molecule has 0 spiro atoms. The smallest absolute Gasteiger partial charge is 0.143 e. The van der Waals surface area contributed by atoms with E-state index in [1.54, 1.807) is 25.4 Å². The number of hydrogen-bond acceptors (Lipinski definition) is 4. The van der Waals surface area contributed by atoms with Gasteiger partial charge in [-0.15, -0.1) is 0 Å². The number of nitrogens with one attached hydrogen (secondary N) is 2. The monoisotopic (exact) mass is 242 g/mol. The molecule has 2 rings (SSSR count). The van der Waals surface area contributed by atoms with Crippen molar-refractivity contribution in [2.75, 3.05) is 12.4 Å². The van der Waals surface area contributed by atoms with Crippen molar-refractivity contribution in [3.63, 3.8) is 0 Å². The molecule has 18 heavy (non-hydrogen) atoms. The molecule has 0 bridgehead atoms. The summed E-state index contributed by atoms with van der Waals surface area (Å²) in [4.78, 5) is 0. The lowest BCUT2D eigenvalue weighted by atomic mass is 10.2. The maximum atomic E-state index is 8.83. The average molecular weight is 242 g/mol. The van der Waals surface area contributed by atoms with E-state index in [1.807, 2.05) is 13.0 Å². The summed E-state index contributed by atoms with van der Waals surface area (Å²) in [5.41, 5.74) is 3.57. The summed E-state index contributed by atoms with van der Waals surface area (Å²) in [6, 6.07) is 7.39. The molecule has 0 aliphatic heterocycles. The zero-order valence-electron chi connectivity index (χ0n) is 10.3. The quantitative estimate of drug-likeness (QED) is 0.862. The lowest BCUT2D eigenvalue weighted by Crippen LogP contribution is -2.02. The molecule has 0 aliphatic rings. The lowest BCUT2D eigenvalue weighted by Gasteiger charge is -2.10.